The number of carbonyl (C=O) groups excluding carboxylic acids is 1. The first-order chi connectivity index (χ1) is 14.7. The first kappa shape index (κ1) is 20.5. The lowest BCUT2D eigenvalue weighted by Gasteiger charge is -2.12. The summed E-state index contributed by atoms with van der Waals surface area (Å²) in [6.45, 7) is 2.71. The van der Waals surface area contributed by atoms with Gasteiger partial charge in [0.15, 0.2) is 0 Å². The molecule has 1 aliphatic rings. The fraction of sp³-hybridized carbons (Fsp3) is 0.269. The van der Waals surface area contributed by atoms with Crippen LogP contribution in [0, 0.1) is 0 Å². The highest BCUT2D eigenvalue weighted by molar-refractivity contribution is 6.31. The van der Waals surface area contributed by atoms with Crippen molar-refractivity contribution in [3.63, 3.8) is 0 Å². The fourth-order valence-corrected chi connectivity index (χ4v) is 3.83. The van der Waals surface area contributed by atoms with Crippen LogP contribution >= 0.6 is 11.6 Å². The predicted molar refractivity (Wildman–Crippen MR) is 122 cm³/mol. The first-order valence-electron chi connectivity index (χ1n) is 10.5. The van der Waals surface area contributed by atoms with E-state index < -0.39 is 0 Å². The van der Waals surface area contributed by atoms with Crippen molar-refractivity contribution in [2.45, 2.75) is 38.1 Å². The maximum absolute atomic E-state index is 12.9. The van der Waals surface area contributed by atoms with Gasteiger partial charge in [-0.1, -0.05) is 79.5 Å². The second-order valence-electron chi connectivity index (χ2n) is 7.75. The number of hydrogen-bond acceptors (Lipinski definition) is 2. The van der Waals surface area contributed by atoms with Crippen LogP contribution in [0.25, 0.3) is 11.1 Å². The molecule has 1 N–H and O–H groups in total. The molecule has 0 spiro atoms. The molecular formula is C26H26ClNO2. The third kappa shape index (κ3) is 4.85. The summed E-state index contributed by atoms with van der Waals surface area (Å²) in [5.41, 5.74) is 4.17. The molecule has 0 aliphatic heterocycles. The molecule has 0 saturated heterocycles. The quantitative estimate of drug-likeness (QED) is 0.425. The van der Waals surface area contributed by atoms with Crippen LogP contribution in [0.2, 0.25) is 5.02 Å². The van der Waals surface area contributed by atoms with E-state index >= 15 is 0 Å². The van der Waals surface area contributed by atoms with Gasteiger partial charge in [0, 0.05) is 17.0 Å². The highest BCUT2D eigenvalue weighted by atomic mass is 35.5. The van der Waals surface area contributed by atoms with Gasteiger partial charge in [-0.2, -0.15) is 0 Å². The molecule has 3 aromatic rings. The zero-order valence-electron chi connectivity index (χ0n) is 17.1. The van der Waals surface area contributed by atoms with Gasteiger partial charge in [0.05, 0.1) is 12.2 Å². The number of carbonyl (C=O) groups is 1. The Balaban J connectivity index is 1.40. The van der Waals surface area contributed by atoms with Crippen LogP contribution in [0.5, 0.6) is 5.75 Å². The SMILES string of the molecule is CCCCOc1ccc(Cl)cc1C(=O)N[C@H]1C[C@@H]1c1ccc(-c2ccccc2)cc1. The van der Waals surface area contributed by atoms with E-state index in [0.29, 0.717) is 28.9 Å². The normalized spacial score (nSPS) is 17.4. The van der Waals surface area contributed by atoms with Crippen molar-refractivity contribution in [3.8, 4) is 16.9 Å². The number of nitrogens with one attached hydrogen (secondary N) is 1. The first-order valence-corrected chi connectivity index (χ1v) is 10.9. The number of unbranched alkanes of at least 4 members (excludes halogenated alkanes) is 1. The van der Waals surface area contributed by atoms with Gasteiger partial charge in [-0.05, 0) is 47.7 Å². The van der Waals surface area contributed by atoms with Gasteiger partial charge < -0.3 is 10.1 Å². The zero-order chi connectivity index (χ0) is 20.9. The second-order valence-corrected chi connectivity index (χ2v) is 8.19. The van der Waals surface area contributed by atoms with Crippen molar-refractivity contribution in [3.05, 3.63) is 88.9 Å². The monoisotopic (exact) mass is 419 g/mol. The molecule has 0 radical (unpaired) electrons. The molecule has 0 unspecified atom stereocenters. The molecule has 30 heavy (non-hydrogen) atoms. The third-order valence-electron chi connectivity index (χ3n) is 5.49. The number of amides is 1. The van der Waals surface area contributed by atoms with Gasteiger partial charge >= 0.3 is 0 Å². The largest absolute Gasteiger partial charge is 0.493 e. The molecule has 2 atom stereocenters. The fourth-order valence-electron chi connectivity index (χ4n) is 3.65. The van der Waals surface area contributed by atoms with Crippen LogP contribution in [-0.4, -0.2) is 18.6 Å². The Morgan fingerprint density at radius 3 is 2.50 bits per heavy atom. The molecule has 0 aromatic heterocycles. The van der Waals surface area contributed by atoms with Gasteiger partial charge in [-0.15, -0.1) is 0 Å². The molecule has 154 valence electrons. The minimum Gasteiger partial charge on any atom is -0.493 e. The van der Waals surface area contributed by atoms with Gasteiger partial charge in [0.25, 0.3) is 5.91 Å². The van der Waals surface area contributed by atoms with E-state index in [1.807, 2.05) is 18.2 Å². The molecule has 4 rings (SSSR count). The topological polar surface area (TPSA) is 38.3 Å². The maximum Gasteiger partial charge on any atom is 0.255 e. The molecule has 4 heteroatoms. The second kappa shape index (κ2) is 9.36. The average Bonchev–Trinajstić information content (AvgIpc) is 3.54. The number of halogens is 1. The Kier molecular flexibility index (Phi) is 6.39. The summed E-state index contributed by atoms with van der Waals surface area (Å²) in [4.78, 5) is 12.9. The van der Waals surface area contributed by atoms with Crippen LogP contribution in [0.4, 0.5) is 0 Å². The van der Waals surface area contributed by atoms with Crippen molar-refractivity contribution in [2.24, 2.45) is 0 Å². The predicted octanol–water partition coefficient (Wildman–Crippen LogP) is 6.47. The zero-order valence-corrected chi connectivity index (χ0v) is 17.9. The van der Waals surface area contributed by atoms with Crippen molar-refractivity contribution in [1.82, 2.24) is 5.32 Å². The average molecular weight is 420 g/mol. The van der Waals surface area contributed by atoms with E-state index in [4.69, 9.17) is 16.3 Å². The minimum atomic E-state index is -0.127. The number of ether oxygens (including phenoxy) is 1. The van der Waals surface area contributed by atoms with E-state index in [1.165, 1.54) is 16.7 Å². The van der Waals surface area contributed by atoms with Crippen molar-refractivity contribution < 1.29 is 9.53 Å². The minimum absolute atomic E-state index is 0.127. The summed E-state index contributed by atoms with van der Waals surface area (Å²) in [7, 11) is 0. The number of benzene rings is 3. The molecule has 3 aromatic carbocycles. The third-order valence-corrected chi connectivity index (χ3v) is 5.73. The Bertz CT molecular complexity index is 1000. The summed E-state index contributed by atoms with van der Waals surface area (Å²) in [5.74, 6) is 0.814. The molecule has 1 saturated carbocycles. The smallest absolute Gasteiger partial charge is 0.255 e. The summed E-state index contributed by atoms with van der Waals surface area (Å²) < 4.78 is 5.80. The maximum atomic E-state index is 12.9. The highest BCUT2D eigenvalue weighted by Gasteiger charge is 2.39. The molecule has 3 nitrogen and oxygen atoms in total. The van der Waals surface area contributed by atoms with Gasteiger partial charge in [-0.3, -0.25) is 4.79 Å². The van der Waals surface area contributed by atoms with Crippen LogP contribution in [0.1, 0.15) is 48.0 Å². The van der Waals surface area contributed by atoms with Crippen molar-refractivity contribution in [2.75, 3.05) is 6.61 Å². The summed E-state index contributed by atoms with van der Waals surface area (Å²) >= 11 is 6.13. The van der Waals surface area contributed by atoms with Gasteiger partial charge in [0.1, 0.15) is 5.75 Å². The molecule has 0 bridgehead atoms. The summed E-state index contributed by atoms with van der Waals surface area (Å²) in [5, 5.41) is 3.68. The molecule has 1 fully saturated rings. The summed E-state index contributed by atoms with van der Waals surface area (Å²) in [6, 6.07) is 24.3. The Morgan fingerprint density at radius 1 is 1.03 bits per heavy atom. The molecular weight excluding hydrogens is 394 g/mol. The number of rotatable bonds is 8. The van der Waals surface area contributed by atoms with E-state index in [1.54, 1.807) is 18.2 Å². The van der Waals surface area contributed by atoms with Gasteiger partial charge in [0.2, 0.25) is 0 Å². The van der Waals surface area contributed by atoms with Crippen LogP contribution in [-0.2, 0) is 0 Å². The summed E-state index contributed by atoms with van der Waals surface area (Å²) in [6.07, 6.45) is 2.94. The van der Waals surface area contributed by atoms with E-state index in [0.717, 1.165) is 19.3 Å². The van der Waals surface area contributed by atoms with Crippen LogP contribution in [0.15, 0.2) is 72.8 Å². The van der Waals surface area contributed by atoms with Crippen molar-refractivity contribution >= 4 is 17.5 Å². The lowest BCUT2D eigenvalue weighted by atomic mass is 10.0. The lowest BCUT2D eigenvalue weighted by Crippen LogP contribution is -2.27. The molecule has 1 amide bonds. The molecule has 1 aliphatic carbocycles. The van der Waals surface area contributed by atoms with Crippen LogP contribution in [0.3, 0.4) is 0 Å². The number of hydrogen-bond donors (Lipinski definition) is 1. The van der Waals surface area contributed by atoms with Crippen LogP contribution < -0.4 is 10.1 Å². The Hall–Kier alpha value is -2.78. The Morgan fingerprint density at radius 2 is 1.77 bits per heavy atom. The van der Waals surface area contributed by atoms with Gasteiger partial charge in [-0.25, -0.2) is 0 Å². The Labute approximate surface area is 183 Å². The van der Waals surface area contributed by atoms with E-state index in [2.05, 4.69) is 48.6 Å². The molecule has 0 heterocycles. The van der Waals surface area contributed by atoms with Crippen molar-refractivity contribution in [1.29, 1.82) is 0 Å². The standard InChI is InChI=1S/C26H26ClNO2/c1-2-3-15-30-25-14-13-21(27)16-23(25)26(29)28-24-17-22(24)20-11-9-19(10-12-20)18-7-5-4-6-8-18/h4-14,16,22,24H,2-3,15,17H2,1H3,(H,28,29)/t22-,24+/m1/s1. The van der Waals surface area contributed by atoms with E-state index in [-0.39, 0.29) is 11.9 Å². The highest BCUT2D eigenvalue weighted by Crippen LogP contribution is 2.41. The van der Waals surface area contributed by atoms with E-state index in [9.17, 15) is 4.79 Å². The lowest BCUT2D eigenvalue weighted by molar-refractivity contribution is 0.0946.